The normalized spacial score (nSPS) is 9.54. The third kappa shape index (κ3) is 31.9. The first kappa shape index (κ1) is 31.2. The van der Waals surface area contributed by atoms with Gasteiger partial charge in [0.2, 0.25) is 0 Å². The molecule has 0 saturated heterocycles. The van der Waals surface area contributed by atoms with Crippen molar-refractivity contribution in [3.63, 3.8) is 0 Å². The molecular weight excluding hydrogens is 333 g/mol. The molecule has 4 N–H and O–H groups in total. The molecule has 0 aliphatic rings. The van der Waals surface area contributed by atoms with Crippen molar-refractivity contribution in [3.8, 4) is 0 Å². The molecular formula is H11Ca3KO7P2. The first-order valence-corrected chi connectivity index (χ1v) is 4.59. The van der Waals surface area contributed by atoms with E-state index in [2.05, 4.69) is 4.31 Å². The predicted molar refractivity (Wildman–Crippen MR) is 58.0 cm³/mol. The van der Waals surface area contributed by atoms with Crippen LogP contribution in [0.25, 0.3) is 0 Å². The molecule has 13 heavy (non-hydrogen) atoms. The molecule has 0 atom stereocenters. The van der Waals surface area contributed by atoms with Gasteiger partial charge in [-0.15, -0.1) is 0 Å². The van der Waals surface area contributed by atoms with E-state index in [0.29, 0.717) is 0 Å². The molecule has 0 amide bonds. The molecule has 0 saturated carbocycles. The molecule has 0 bridgehead atoms. The van der Waals surface area contributed by atoms with Crippen molar-refractivity contribution in [2.45, 2.75) is 0 Å². The van der Waals surface area contributed by atoms with E-state index in [9.17, 15) is 9.13 Å². The third-order valence-electron chi connectivity index (χ3n) is 0.213. The van der Waals surface area contributed by atoms with E-state index < -0.39 is 15.6 Å². The fourth-order valence-electron chi connectivity index (χ4n) is 0.139. The zero-order chi connectivity index (χ0) is 7.71. The summed E-state index contributed by atoms with van der Waals surface area (Å²) >= 11 is 0. The summed E-state index contributed by atoms with van der Waals surface area (Å²) < 4.78 is 22.2. The first-order chi connectivity index (χ1) is 3.71. The van der Waals surface area contributed by atoms with Crippen molar-refractivity contribution in [1.82, 2.24) is 0 Å². The molecule has 0 radical (unpaired) electrons. The fraction of sp³-hybridized carbons (Fsp3) is 0. The summed E-state index contributed by atoms with van der Waals surface area (Å²) in [6, 6.07) is 0. The molecule has 0 fully saturated rings. The van der Waals surface area contributed by atoms with E-state index in [-0.39, 0.29) is 165 Å². The molecule has 70 valence electrons. The van der Waals surface area contributed by atoms with E-state index in [1.165, 1.54) is 0 Å². The number of phosphoric acid groups is 2. The number of rotatable bonds is 2. The van der Waals surface area contributed by atoms with Gasteiger partial charge in [-0.1, -0.05) is 0 Å². The number of hydrogen-bond donors (Lipinski definition) is 4. The Kier molecular flexibility index (Phi) is 33.8. The van der Waals surface area contributed by atoms with Crippen LogP contribution < -0.4 is 0 Å². The van der Waals surface area contributed by atoms with Gasteiger partial charge >= 0.3 is 180 Å². The van der Waals surface area contributed by atoms with Crippen LogP contribution in [0.4, 0.5) is 0 Å². The molecule has 7 nitrogen and oxygen atoms in total. The van der Waals surface area contributed by atoms with Gasteiger partial charge in [0.05, 0.1) is 0 Å². The molecule has 13 heteroatoms. The molecule has 0 aliphatic heterocycles. The Balaban J connectivity index is -0.0000000533. The summed E-state index contributed by atoms with van der Waals surface area (Å²) in [5.41, 5.74) is 0. The summed E-state index contributed by atoms with van der Waals surface area (Å²) in [5, 5.41) is 0. The van der Waals surface area contributed by atoms with Crippen LogP contribution in [-0.2, 0) is 13.4 Å². The summed E-state index contributed by atoms with van der Waals surface area (Å²) in [6.07, 6.45) is 0. The molecule has 0 aliphatic carbocycles. The molecule has 0 rings (SSSR count). The minimum absolute atomic E-state index is 0. The van der Waals surface area contributed by atoms with Crippen LogP contribution in [0.2, 0.25) is 0 Å². The maximum absolute atomic E-state index is 9.63. The van der Waals surface area contributed by atoms with Gasteiger partial charge in [-0.25, -0.2) is 9.13 Å². The van der Waals surface area contributed by atoms with Gasteiger partial charge in [0.15, 0.2) is 0 Å². The van der Waals surface area contributed by atoms with Crippen molar-refractivity contribution in [2.24, 2.45) is 0 Å². The third-order valence-corrected chi connectivity index (χ3v) is 1.91. The van der Waals surface area contributed by atoms with Crippen molar-refractivity contribution >= 4 is 180 Å². The summed E-state index contributed by atoms with van der Waals surface area (Å²) in [4.78, 5) is 31.0. The first-order valence-electron chi connectivity index (χ1n) is 1.53. The Bertz CT molecular complexity index is 162. The molecule has 0 spiro atoms. The summed E-state index contributed by atoms with van der Waals surface area (Å²) in [7, 11) is -10.1. The Hall–Kier alpha value is 5.68. The Morgan fingerprint density at radius 1 is 0.769 bits per heavy atom. The van der Waals surface area contributed by atoms with Crippen LogP contribution in [0.15, 0.2) is 0 Å². The second kappa shape index (κ2) is 14.1. The van der Waals surface area contributed by atoms with Gasteiger partial charge in [0.25, 0.3) is 0 Å². The minimum atomic E-state index is -5.05. The molecule has 0 aromatic rings. The van der Waals surface area contributed by atoms with E-state index in [1.54, 1.807) is 0 Å². The van der Waals surface area contributed by atoms with E-state index >= 15 is 0 Å². The van der Waals surface area contributed by atoms with Gasteiger partial charge < -0.3 is 19.6 Å². The second-order valence-corrected chi connectivity index (χ2v) is 3.68. The predicted octanol–water partition coefficient (Wildman–Crippen LogP) is -4.21. The Labute approximate surface area is 207 Å². The van der Waals surface area contributed by atoms with Gasteiger partial charge in [-0.3, -0.25) is 0 Å². The average Bonchev–Trinajstić information content (AvgIpc) is 1.14. The standard InChI is InChI=1S/3Ca.K.H4O7P2.7H/c;;;;1-8(2,3)7-9(4,5)6;;;;;;;/h;;;;(H2,1,2,3)(H2,4,5,6);;;;;;;. The quantitative estimate of drug-likeness (QED) is 0.296. The van der Waals surface area contributed by atoms with Gasteiger partial charge in [0.1, 0.15) is 0 Å². The maximum atomic E-state index is 9.63. The SMILES string of the molecule is O=P(O)(O)OP(=O)(O)O.[CaH2].[CaH2].[CaH2].[KH]. The van der Waals surface area contributed by atoms with Crippen LogP contribution in [0, 0.1) is 0 Å². The Morgan fingerprint density at radius 2 is 0.923 bits per heavy atom. The van der Waals surface area contributed by atoms with Crippen LogP contribution in [0.1, 0.15) is 0 Å². The second-order valence-electron chi connectivity index (χ2n) is 1.06. The fourth-order valence-corrected chi connectivity index (χ4v) is 1.25. The van der Waals surface area contributed by atoms with Crippen LogP contribution in [-0.4, -0.2) is 184 Å². The Morgan fingerprint density at radius 3 is 0.923 bits per heavy atom. The number of hydrogen-bond acceptors (Lipinski definition) is 3. The van der Waals surface area contributed by atoms with Gasteiger partial charge in [-0.05, 0) is 0 Å². The molecule has 0 aromatic heterocycles. The van der Waals surface area contributed by atoms with E-state index in [1.807, 2.05) is 0 Å². The topological polar surface area (TPSA) is 124 Å². The molecule has 0 aromatic carbocycles. The van der Waals surface area contributed by atoms with Crippen molar-refractivity contribution < 1.29 is 33.0 Å². The van der Waals surface area contributed by atoms with Crippen LogP contribution in [0.5, 0.6) is 0 Å². The van der Waals surface area contributed by atoms with Gasteiger partial charge in [0, 0.05) is 0 Å². The van der Waals surface area contributed by atoms with E-state index in [4.69, 9.17) is 19.6 Å². The monoisotopic (exact) mass is 344 g/mol. The molecule has 0 heterocycles. The summed E-state index contributed by atoms with van der Waals surface area (Å²) in [5.74, 6) is 0. The van der Waals surface area contributed by atoms with E-state index in [0.717, 1.165) is 0 Å². The van der Waals surface area contributed by atoms with Crippen molar-refractivity contribution in [1.29, 1.82) is 0 Å². The average molecular weight is 344 g/mol. The zero-order valence-electron chi connectivity index (χ0n) is 3.91. The zero-order valence-corrected chi connectivity index (χ0v) is 5.70. The van der Waals surface area contributed by atoms with Crippen molar-refractivity contribution in [2.75, 3.05) is 0 Å². The van der Waals surface area contributed by atoms with Crippen LogP contribution in [0.3, 0.4) is 0 Å². The van der Waals surface area contributed by atoms with Crippen molar-refractivity contribution in [3.05, 3.63) is 0 Å². The molecule has 0 unspecified atom stereocenters. The summed E-state index contributed by atoms with van der Waals surface area (Å²) in [6.45, 7) is 0. The van der Waals surface area contributed by atoms with Crippen LogP contribution >= 0.6 is 15.6 Å². The van der Waals surface area contributed by atoms with Gasteiger partial charge in [-0.2, -0.15) is 4.31 Å².